The zero-order valence-electron chi connectivity index (χ0n) is 14.4. The summed E-state index contributed by atoms with van der Waals surface area (Å²) in [5, 5.41) is 3.90. The highest BCUT2D eigenvalue weighted by atomic mass is 32.1. The van der Waals surface area contributed by atoms with Crippen molar-refractivity contribution in [1.82, 2.24) is 15.0 Å². The molecule has 0 spiro atoms. The molecule has 0 bridgehead atoms. The van der Waals surface area contributed by atoms with Crippen LogP contribution >= 0.6 is 11.3 Å². The van der Waals surface area contributed by atoms with Crippen LogP contribution in [0.5, 0.6) is 0 Å². The van der Waals surface area contributed by atoms with Crippen LogP contribution in [0.15, 0.2) is 36.7 Å². The maximum atomic E-state index is 12.8. The molecule has 2 aromatic heterocycles. The number of rotatable bonds is 4. The Balaban J connectivity index is 1.91. The van der Waals surface area contributed by atoms with Gasteiger partial charge >= 0.3 is 6.18 Å². The first kappa shape index (κ1) is 18.3. The van der Waals surface area contributed by atoms with Gasteiger partial charge in [-0.2, -0.15) is 13.2 Å². The molecule has 3 rings (SSSR count). The predicted octanol–water partition coefficient (Wildman–Crippen LogP) is 5.79. The lowest BCUT2D eigenvalue weighted by Gasteiger charge is -2.10. The second kappa shape index (κ2) is 7.03. The molecule has 2 heterocycles. The lowest BCUT2D eigenvalue weighted by atomic mass is 10.1. The number of anilines is 2. The van der Waals surface area contributed by atoms with Crippen molar-refractivity contribution < 1.29 is 13.2 Å². The van der Waals surface area contributed by atoms with E-state index in [2.05, 4.69) is 34.1 Å². The molecule has 1 aromatic carbocycles. The van der Waals surface area contributed by atoms with Crippen molar-refractivity contribution >= 4 is 23.0 Å². The Morgan fingerprint density at radius 2 is 1.88 bits per heavy atom. The van der Waals surface area contributed by atoms with E-state index in [1.165, 1.54) is 0 Å². The third kappa shape index (κ3) is 4.19. The van der Waals surface area contributed by atoms with Crippen molar-refractivity contribution in [1.29, 1.82) is 0 Å². The number of thiazole rings is 1. The average Bonchev–Trinajstić information content (AvgIpc) is 3.04. The van der Waals surface area contributed by atoms with Gasteiger partial charge in [-0.1, -0.05) is 19.9 Å². The fraction of sp³-hybridized carbons (Fsp3) is 0.278. The molecule has 4 nitrogen and oxygen atoms in total. The molecule has 0 aliphatic heterocycles. The minimum absolute atomic E-state index is 0.0939. The lowest BCUT2D eigenvalue weighted by molar-refractivity contribution is -0.141. The van der Waals surface area contributed by atoms with E-state index < -0.39 is 11.9 Å². The molecule has 3 aromatic rings. The van der Waals surface area contributed by atoms with Gasteiger partial charge in [-0.25, -0.2) is 15.0 Å². The van der Waals surface area contributed by atoms with Crippen molar-refractivity contribution in [2.75, 3.05) is 5.32 Å². The molecule has 0 unspecified atom stereocenters. The van der Waals surface area contributed by atoms with E-state index in [0.717, 1.165) is 33.3 Å². The summed E-state index contributed by atoms with van der Waals surface area (Å²) in [6.45, 7) is 6.08. The van der Waals surface area contributed by atoms with Gasteiger partial charge in [0.1, 0.15) is 5.69 Å². The van der Waals surface area contributed by atoms with Crippen LogP contribution in [0.2, 0.25) is 0 Å². The number of halogens is 3. The van der Waals surface area contributed by atoms with Gasteiger partial charge in [0.15, 0.2) is 0 Å². The van der Waals surface area contributed by atoms with E-state index in [1.54, 1.807) is 11.3 Å². The molecule has 136 valence electrons. The summed E-state index contributed by atoms with van der Waals surface area (Å²) in [6.07, 6.45) is -1.60. The van der Waals surface area contributed by atoms with Crippen LogP contribution in [-0.4, -0.2) is 15.0 Å². The van der Waals surface area contributed by atoms with E-state index in [0.29, 0.717) is 11.6 Å². The Kier molecular flexibility index (Phi) is 4.95. The summed E-state index contributed by atoms with van der Waals surface area (Å²) in [5.41, 5.74) is 1.56. The summed E-state index contributed by atoms with van der Waals surface area (Å²) in [7, 11) is 0. The van der Waals surface area contributed by atoms with Crippen molar-refractivity contribution in [2.45, 2.75) is 32.9 Å². The molecule has 0 saturated heterocycles. The van der Waals surface area contributed by atoms with E-state index in [-0.39, 0.29) is 5.95 Å². The largest absolute Gasteiger partial charge is 0.433 e. The van der Waals surface area contributed by atoms with Crippen LogP contribution < -0.4 is 5.32 Å². The SMILES string of the molecule is Cc1cc(Nc2nccc(C(F)(F)F)n2)cc(-c2cnc(C(C)C)s2)c1. The second-order valence-electron chi connectivity index (χ2n) is 6.19. The summed E-state index contributed by atoms with van der Waals surface area (Å²) in [5.74, 6) is 0.248. The Bertz CT molecular complexity index is 919. The van der Waals surface area contributed by atoms with Crippen LogP contribution in [0.1, 0.15) is 36.0 Å². The molecule has 0 atom stereocenters. The highest BCUT2D eigenvalue weighted by molar-refractivity contribution is 7.15. The minimum Gasteiger partial charge on any atom is -0.324 e. The summed E-state index contributed by atoms with van der Waals surface area (Å²) >= 11 is 1.60. The third-order valence-corrected chi connectivity index (χ3v) is 4.93. The van der Waals surface area contributed by atoms with Crippen molar-refractivity contribution in [3.05, 3.63) is 52.9 Å². The van der Waals surface area contributed by atoms with Gasteiger partial charge in [0.2, 0.25) is 5.95 Å². The molecule has 0 saturated carbocycles. The molecule has 0 radical (unpaired) electrons. The molecular weight excluding hydrogens is 361 g/mol. The highest BCUT2D eigenvalue weighted by Crippen LogP contribution is 2.33. The zero-order chi connectivity index (χ0) is 18.9. The van der Waals surface area contributed by atoms with E-state index in [1.807, 2.05) is 31.3 Å². The maximum absolute atomic E-state index is 12.8. The van der Waals surface area contributed by atoms with Crippen LogP contribution in [0, 0.1) is 6.92 Å². The number of aryl methyl sites for hydroxylation is 1. The lowest BCUT2D eigenvalue weighted by Crippen LogP contribution is -2.10. The summed E-state index contributed by atoms with van der Waals surface area (Å²) < 4.78 is 38.4. The maximum Gasteiger partial charge on any atom is 0.433 e. The van der Waals surface area contributed by atoms with Gasteiger partial charge in [0.25, 0.3) is 0 Å². The van der Waals surface area contributed by atoms with Gasteiger partial charge in [-0.3, -0.25) is 0 Å². The normalized spacial score (nSPS) is 11.8. The Hall–Kier alpha value is -2.48. The topological polar surface area (TPSA) is 50.7 Å². The van der Waals surface area contributed by atoms with Crippen LogP contribution in [0.4, 0.5) is 24.8 Å². The van der Waals surface area contributed by atoms with E-state index in [9.17, 15) is 13.2 Å². The van der Waals surface area contributed by atoms with Crippen molar-refractivity contribution in [2.24, 2.45) is 0 Å². The zero-order valence-corrected chi connectivity index (χ0v) is 15.2. The number of aromatic nitrogens is 3. The standard InChI is InChI=1S/C18H17F3N4S/c1-10(2)16-23-9-14(26-16)12-6-11(3)7-13(8-12)24-17-22-5-4-15(25-17)18(19,20)21/h4-10H,1-3H3,(H,22,24,25). The molecule has 0 fully saturated rings. The van der Waals surface area contributed by atoms with Crippen molar-refractivity contribution in [3.8, 4) is 10.4 Å². The highest BCUT2D eigenvalue weighted by Gasteiger charge is 2.32. The third-order valence-electron chi connectivity index (χ3n) is 3.58. The van der Waals surface area contributed by atoms with Gasteiger partial charge < -0.3 is 5.32 Å². The first-order valence-electron chi connectivity index (χ1n) is 7.97. The van der Waals surface area contributed by atoms with E-state index in [4.69, 9.17) is 0 Å². The van der Waals surface area contributed by atoms with Gasteiger partial charge in [-0.05, 0) is 36.2 Å². The number of nitrogens with zero attached hydrogens (tertiary/aromatic N) is 3. The van der Waals surface area contributed by atoms with Gasteiger partial charge in [-0.15, -0.1) is 11.3 Å². The van der Waals surface area contributed by atoms with Crippen LogP contribution in [-0.2, 0) is 6.18 Å². The van der Waals surface area contributed by atoms with Gasteiger partial charge in [0.05, 0.1) is 9.88 Å². The first-order chi connectivity index (χ1) is 12.2. The number of hydrogen-bond acceptors (Lipinski definition) is 5. The minimum atomic E-state index is -4.51. The number of hydrogen-bond donors (Lipinski definition) is 1. The van der Waals surface area contributed by atoms with Crippen LogP contribution in [0.3, 0.4) is 0 Å². The second-order valence-corrected chi connectivity index (χ2v) is 7.26. The number of nitrogens with one attached hydrogen (secondary N) is 1. The monoisotopic (exact) mass is 378 g/mol. The number of benzene rings is 1. The smallest absolute Gasteiger partial charge is 0.324 e. The van der Waals surface area contributed by atoms with Gasteiger partial charge in [0, 0.05) is 24.0 Å². The van der Waals surface area contributed by atoms with Crippen molar-refractivity contribution in [3.63, 3.8) is 0 Å². The molecular formula is C18H17F3N4S. The Morgan fingerprint density at radius 1 is 1.12 bits per heavy atom. The van der Waals surface area contributed by atoms with E-state index >= 15 is 0 Å². The molecule has 0 aliphatic carbocycles. The molecule has 26 heavy (non-hydrogen) atoms. The molecule has 1 N–H and O–H groups in total. The van der Waals surface area contributed by atoms with Crippen LogP contribution in [0.25, 0.3) is 10.4 Å². The predicted molar refractivity (Wildman–Crippen MR) is 96.7 cm³/mol. The number of alkyl halides is 3. The summed E-state index contributed by atoms with van der Waals surface area (Å²) in [6, 6.07) is 6.54. The molecule has 0 aliphatic rings. The fourth-order valence-electron chi connectivity index (χ4n) is 2.39. The Morgan fingerprint density at radius 3 is 2.54 bits per heavy atom. The quantitative estimate of drug-likeness (QED) is 0.624. The fourth-order valence-corrected chi connectivity index (χ4v) is 3.30. The first-order valence-corrected chi connectivity index (χ1v) is 8.79. The average molecular weight is 378 g/mol. The summed E-state index contributed by atoms with van der Waals surface area (Å²) in [4.78, 5) is 12.8. The molecule has 0 amide bonds. The molecule has 8 heteroatoms. The Labute approximate surface area is 153 Å².